The lowest BCUT2D eigenvalue weighted by molar-refractivity contribution is 0.193. The predicted octanol–water partition coefficient (Wildman–Crippen LogP) is 14.3. The van der Waals surface area contributed by atoms with Crippen molar-refractivity contribution >= 4 is 60.1 Å². The van der Waals surface area contributed by atoms with E-state index in [1.807, 2.05) is 0 Å². The lowest BCUT2D eigenvalue weighted by Gasteiger charge is -2.19. The van der Waals surface area contributed by atoms with Crippen LogP contribution in [0.1, 0.15) is 28.9 Å². The molecule has 0 spiro atoms. The van der Waals surface area contributed by atoms with Crippen LogP contribution in [-0.4, -0.2) is 0 Å². The zero-order valence-electron chi connectivity index (χ0n) is 29.3. The maximum Gasteiger partial charge on any atom is 0.167 e. The molecule has 0 saturated carbocycles. The van der Waals surface area contributed by atoms with Crippen LogP contribution in [0.3, 0.4) is 0 Å². The fraction of sp³-hybridized carbons (Fsp3) is 0.0385. The molecule has 2 atom stereocenters. The van der Waals surface area contributed by atoms with Crippen LogP contribution >= 0.6 is 0 Å². The largest absolute Gasteiger partial charge is 0.481 e. The van der Waals surface area contributed by atoms with Crippen LogP contribution in [0.4, 0.5) is 0 Å². The number of hydrogen-bond acceptors (Lipinski definition) is 2. The first kappa shape index (κ1) is 29.7. The number of hydrogen-bond donors (Lipinski definition) is 0. The fourth-order valence-corrected chi connectivity index (χ4v) is 9.21. The van der Waals surface area contributed by atoms with Gasteiger partial charge >= 0.3 is 0 Å². The van der Waals surface area contributed by atoms with Gasteiger partial charge in [-0.15, -0.1) is 0 Å². The lowest BCUT2D eigenvalue weighted by Crippen LogP contribution is -2.11. The van der Waals surface area contributed by atoms with Gasteiger partial charge < -0.3 is 9.15 Å². The van der Waals surface area contributed by atoms with Gasteiger partial charge in [-0.25, -0.2) is 0 Å². The van der Waals surface area contributed by atoms with Crippen molar-refractivity contribution in [2.75, 3.05) is 0 Å². The topological polar surface area (TPSA) is 22.4 Å². The van der Waals surface area contributed by atoms with Crippen molar-refractivity contribution in [3.63, 3.8) is 0 Å². The Kier molecular flexibility index (Phi) is 6.20. The van der Waals surface area contributed by atoms with Crippen LogP contribution in [0.2, 0.25) is 0 Å². The summed E-state index contributed by atoms with van der Waals surface area (Å²) in [7, 11) is 0. The first-order chi connectivity index (χ1) is 26.7. The molecule has 1 aliphatic heterocycles. The smallest absolute Gasteiger partial charge is 0.167 e. The molecule has 2 nitrogen and oxygen atoms in total. The zero-order valence-corrected chi connectivity index (χ0v) is 29.3. The highest BCUT2D eigenvalue weighted by Gasteiger charge is 2.40. The van der Waals surface area contributed by atoms with Gasteiger partial charge in [0.2, 0.25) is 0 Å². The molecule has 12 rings (SSSR count). The molecule has 1 aromatic heterocycles. The Balaban J connectivity index is 0.930. The van der Waals surface area contributed by atoms with Gasteiger partial charge in [0.1, 0.15) is 11.3 Å². The van der Waals surface area contributed by atoms with Crippen LogP contribution < -0.4 is 4.74 Å². The van der Waals surface area contributed by atoms with Crippen molar-refractivity contribution in [1.82, 2.24) is 0 Å². The predicted molar refractivity (Wildman–Crippen MR) is 224 cm³/mol. The zero-order chi connectivity index (χ0) is 35.3. The average Bonchev–Trinajstić information content (AvgIpc) is 3.81. The lowest BCUT2D eigenvalue weighted by atomic mass is 9.85. The van der Waals surface area contributed by atoms with E-state index in [2.05, 4.69) is 182 Å². The molecule has 9 aromatic carbocycles. The number of rotatable bonds is 3. The summed E-state index contributed by atoms with van der Waals surface area (Å²) in [5.41, 5.74) is 10.5. The molecule has 2 heterocycles. The Labute approximate surface area is 312 Å². The molecule has 10 aromatic rings. The van der Waals surface area contributed by atoms with E-state index in [1.165, 1.54) is 82.0 Å². The summed E-state index contributed by atoms with van der Waals surface area (Å²) in [6.07, 6.45) is 4.36. The van der Waals surface area contributed by atoms with Gasteiger partial charge in [0.15, 0.2) is 11.9 Å². The standard InChI is InChI=1S/C52H32O2/c1-2-10-32-27-33(18-17-31(32)9-1)34-19-25-49-47(28-34)44-23-24-45-48-30-36(20-26-50(48)54-52(45)51(44)53-49)38-21-22-43(41-15-7-5-14-40(38)41)46-29-35-11-3-4-12-37(35)39-13-6-8-16-42(39)46/h1-30,45,52H. The van der Waals surface area contributed by atoms with Crippen LogP contribution in [0, 0.1) is 0 Å². The molecule has 0 N–H and O–H groups in total. The van der Waals surface area contributed by atoms with Crippen LogP contribution in [0.15, 0.2) is 180 Å². The minimum Gasteiger partial charge on any atom is -0.481 e. The van der Waals surface area contributed by atoms with Crippen LogP contribution in [0.25, 0.3) is 93.5 Å². The van der Waals surface area contributed by atoms with E-state index >= 15 is 0 Å². The molecule has 0 saturated heterocycles. The monoisotopic (exact) mass is 688 g/mol. The van der Waals surface area contributed by atoms with E-state index in [9.17, 15) is 0 Å². The van der Waals surface area contributed by atoms with Gasteiger partial charge in [-0.05, 0) is 113 Å². The van der Waals surface area contributed by atoms with Gasteiger partial charge in [0.25, 0.3) is 0 Å². The van der Waals surface area contributed by atoms with Gasteiger partial charge in [-0.1, -0.05) is 146 Å². The summed E-state index contributed by atoms with van der Waals surface area (Å²) in [6, 6.07) is 61.7. The molecule has 0 bridgehead atoms. The molecule has 0 radical (unpaired) electrons. The van der Waals surface area contributed by atoms with E-state index in [-0.39, 0.29) is 12.0 Å². The normalized spacial score (nSPS) is 15.9. The van der Waals surface area contributed by atoms with Gasteiger partial charge in [0, 0.05) is 16.5 Å². The van der Waals surface area contributed by atoms with Crippen molar-refractivity contribution in [3.8, 4) is 39.1 Å². The highest BCUT2D eigenvalue weighted by Crippen LogP contribution is 2.53. The fourth-order valence-electron chi connectivity index (χ4n) is 9.21. The average molecular weight is 689 g/mol. The van der Waals surface area contributed by atoms with Crippen molar-refractivity contribution in [2.45, 2.75) is 12.0 Å². The maximum atomic E-state index is 6.72. The highest BCUT2D eigenvalue weighted by atomic mass is 16.5. The number of benzene rings is 9. The quantitative estimate of drug-likeness (QED) is 0.172. The summed E-state index contributed by atoms with van der Waals surface area (Å²) in [6.45, 7) is 0. The van der Waals surface area contributed by atoms with E-state index in [1.54, 1.807) is 0 Å². The third kappa shape index (κ3) is 4.34. The van der Waals surface area contributed by atoms with Gasteiger partial charge in [0.05, 0.1) is 5.92 Å². The SMILES string of the molecule is C1=CC2c3cc(-c4ccc(-c5cc6ccccc6c6ccccc56)c5ccccc45)ccc3OC2c2oc3ccc(-c4ccc5ccccc5c4)cc3c21. The van der Waals surface area contributed by atoms with E-state index in [0.717, 1.165) is 28.0 Å². The minimum atomic E-state index is -0.202. The summed E-state index contributed by atoms with van der Waals surface area (Å²) < 4.78 is 13.3. The maximum absolute atomic E-state index is 6.72. The molecule has 2 heteroatoms. The third-order valence-electron chi connectivity index (χ3n) is 11.8. The Bertz CT molecular complexity index is 3220. The van der Waals surface area contributed by atoms with E-state index in [0.29, 0.717) is 0 Å². The minimum absolute atomic E-state index is 0.0717. The Morgan fingerprint density at radius 1 is 0.407 bits per heavy atom. The van der Waals surface area contributed by atoms with Gasteiger partial charge in [-0.3, -0.25) is 0 Å². The number of furan rings is 1. The van der Waals surface area contributed by atoms with Crippen LogP contribution in [-0.2, 0) is 0 Å². The Morgan fingerprint density at radius 3 is 1.91 bits per heavy atom. The highest BCUT2D eigenvalue weighted by molar-refractivity contribution is 6.17. The van der Waals surface area contributed by atoms with E-state index < -0.39 is 0 Å². The van der Waals surface area contributed by atoms with Gasteiger partial charge in [-0.2, -0.15) is 0 Å². The molecule has 54 heavy (non-hydrogen) atoms. The molecule has 1 aliphatic carbocycles. The molecular weight excluding hydrogens is 657 g/mol. The second-order valence-corrected chi connectivity index (χ2v) is 14.7. The van der Waals surface area contributed by atoms with Crippen molar-refractivity contribution in [2.24, 2.45) is 0 Å². The molecular formula is C52H32O2. The summed E-state index contributed by atoms with van der Waals surface area (Å²) in [4.78, 5) is 0. The first-order valence-electron chi connectivity index (χ1n) is 18.7. The summed E-state index contributed by atoms with van der Waals surface area (Å²) >= 11 is 0. The van der Waals surface area contributed by atoms with Crippen molar-refractivity contribution < 1.29 is 9.15 Å². The second kappa shape index (κ2) is 11.3. The summed E-state index contributed by atoms with van der Waals surface area (Å²) in [5, 5.41) is 11.2. The molecule has 2 aliphatic rings. The number of fused-ring (bicyclic) bond motifs is 12. The molecule has 2 unspecified atom stereocenters. The van der Waals surface area contributed by atoms with Crippen molar-refractivity contribution in [1.29, 1.82) is 0 Å². The molecule has 252 valence electrons. The molecule has 0 fully saturated rings. The molecule has 0 amide bonds. The summed E-state index contributed by atoms with van der Waals surface area (Å²) in [5.74, 6) is 1.90. The number of ether oxygens (including phenoxy) is 1. The Morgan fingerprint density at radius 2 is 1.06 bits per heavy atom. The van der Waals surface area contributed by atoms with E-state index in [4.69, 9.17) is 9.15 Å². The van der Waals surface area contributed by atoms with Crippen LogP contribution in [0.5, 0.6) is 5.75 Å². The first-order valence-corrected chi connectivity index (χ1v) is 18.7. The second-order valence-electron chi connectivity index (χ2n) is 14.7. The third-order valence-corrected chi connectivity index (χ3v) is 11.8. The van der Waals surface area contributed by atoms with Crippen molar-refractivity contribution in [3.05, 3.63) is 193 Å². The Hall–Kier alpha value is -6.90.